The van der Waals surface area contributed by atoms with Crippen molar-refractivity contribution < 1.29 is 0 Å². The van der Waals surface area contributed by atoms with Gasteiger partial charge in [0, 0.05) is 23.1 Å². The standard InChI is InChI=1S/C19H16ClN/c20-18-12-10-16(11-13-18)6-5-8-17-7-1-2-9-19(17)21-14-3-4-15-21/h1-7,9-15H,8H2/b6-5+. The van der Waals surface area contributed by atoms with Crippen molar-refractivity contribution in [2.45, 2.75) is 6.42 Å². The zero-order chi connectivity index (χ0) is 14.5. The largest absolute Gasteiger partial charge is 0.324 e. The minimum absolute atomic E-state index is 0.769. The van der Waals surface area contributed by atoms with Crippen molar-refractivity contribution in [2.75, 3.05) is 0 Å². The Hall–Kier alpha value is -2.25. The smallest absolute Gasteiger partial charge is 0.0484 e. The van der Waals surface area contributed by atoms with Gasteiger partial charge in [-0.05, 0) is 47.9 Å². The topological polar surface area (TPSA) is 4.93 Å². The Morgan fingerprint density at radius 2 is 1.57 bits per heavy atom. The summed E-state index contributed by atoms with van der Waals surface area (Å²) < 4.78 is 2.14. The third kappa shape index (κ3) is 3.45. The molecule has 0 aliphatic carbocycles. The lowest BCUT2D eigenvalue weighted by atomic mass is 10.1. The number of benzene rings is 2. The van der Waals surface area contributed by atoms with E-state index in [1.54, 1.807) is 0 Å². The van der Waals surface area contributed by atoms with Crippen molar-refractivity contribution in [3.63, 3.8) is 0 Å². The molecule has 2 aromatic carbocycles. The van der Waals surface area contributed by atoms with Crippen LogP contribution in [-0.2, 0) is 6.42 Å². The highest BCUT2D eigenvalue weighted by Crippen LogP contribution is 2.16. The molecule has 0 amide bonds. The SMILES string of the molecule is Clc1ccc(/C=C/Cc2ccccc2-n2cccc2)cc1. The maximum atomic E-state index is 5.89. The fourth-order valence-electron chi connectivity index (χ4n) is 2.33. The number of hydrogen-bond acceptors (Lipinski definition) is 0. The van der Waals surface area contributed by atoms with E-state index in [0.717, 1.165) is 17.0 Å². The van der Waals surface area contributed by atoms with Crippen LogP contribution < -0.4 is 0 Å². The van der Waals surface area contributed by atoms with Crippen LogP contribution in [0.4, 0.5) is 0 Å². The van der Waals surface area contributed by atoms with Gasteiger partial charge in [0.15, 0.2) is 0 Å². The molecule has 0 unspecified atom stereocenters. The minimum atomic E-state index is 0.769. The summed E-state index contributed by atoms with van der Waals surface area (Å²) >= 11 is 5.89. The summed E-state index contributed by atoms with van der Waals surface area (Å²) in [5.74, 6) is 0. The van der Waals surface area contributed by atoms with Crippen LogP contribution >= 0.6 is 11.6 Å². The lowest BCUT2D eigenvalue weighted by Crippen LogP contribution is -1.95. The second-order valence-electron chi connectivity index (χ2n) is 4.88. The molecule has 0 fully saturated rings. The van der Waals surface area contributed by atoms with Crippen LogP contribution in [-0.4, -0.2) is 4.57 Å². The van der Waals surface area contributed by atoms with Gasteiger partial charge < -0.3 is 4.57 Å². The Labute approximate surface area is 130 Å². The van der Waals surface area contributed by atoms with Gasteiger partial charge in [0.05, 0.1) is 0 Å². The van der Waals surface area contributed by atoms with Gasteiger partial charge in [-0.1, -0.05) is 54.1 Å². The van der Waals surface area contributed by atoms with Gasteiger partial charge in [-0.2, -0.15) is 0 Å². The van der Waals surface area contributed by atoms with Gasteiger partial charge in [-0.15, -0.1) is 0 Å². The van der Waals surface area contributed by atoms with E-state index >= 15 is 0 Å². The molecular formula is C19H16ClN. The molecule has 0 aliphatic rings. The third-order valence-corrected chi connectivity index (χ3v) is 3.64. The van der Waals surface area contributed by atoms with Crippen molar-refractivity contribution in [3.8, 4) is 5.69 Å². The molecule has 0 aliphatic heterocycles. The maximum Gasteiger partial charge on any atom is 0.0484 e. The summed E-state index contributed by atoms with van der Waals surface area (Å²) in [7, 11) is 0. The molecule has 0 saturated heterocycles. The number of para-hydroxylation sites is 1. The molecule has 21 heavy (non-hydrogen) atoms. The van der Waals surface area contributed by atoms with Crippen LogP contribution in [0.2, 0.25) is 5.02 Å². The molecule has 104 valence electrons. The highest BCUT2D eigenvalue weighted by molar-refractivity contribution is 6.30. The van der Waals surface area contributed by atoms with E-state index in [-0.39, 0.29) is 0 Å². The normalized spacial score (nSPS) is 11.1. The first kappa shape index (κ1) is 13.7. The molecule has 0 saturated carbocycles. The molecule has 2 heteroatoms. The summed E-state index contributed by atoms with van der Waals surface area (Å²) in [5, 5.41) is 0.769. The number of rotatable bonds is 4. The summed E-state index contributed by atoms with van der Waals surface area (Å²) in [6, 6.07) is 20.4. The minimum Gasteiger partial charge on any atom is -0.324 e. The first-order chi connectivity index (χ1) is 10.3. The van der Waals surface area contributed by atoms with Crippen LogP contribution in [0, 0.1) is 0 Å². The summed E-state index contributed by atoms with van der Waals surface area (Å²) in [5.41, 5.74) is 3.69. The van der Waals surface area contributed by atoms with Gasteiger partial charge in [-0.3, -0.25) is 0 Å². The number of allylic oxidation sites excluding steroid dienone is 1. The average molecular weight is 294 g/mol. The van der Waals surface area contributed by atoms with Crippen molar-refractivity contribution in [3.05, 3.63) is 95.3 Å². The fraction of sp³-hybridized carbons (Fsp3) is 0.0526. The monoisotopic (exact) mass is 293 g/mol. The molecule has 0 radical (unpaired) electrons. The van der Waals surface area contributed by atoms with Gasteiger partial charge >= 0.3 is 0 Å². The van der Waals surface area contributed by atoms with Gasteiger partial charge in [-0.25, -0.2) is 0 Å². The van der Waals surface area contributed by atoms with Crippen LogP contribution in [0.3, 0.4) is 0 Å². The number of aromatic nitrogens is 1. The van der Waals surface area contributed by atoms with Crippen molar-refractivity contribution in [2.24, 2.45) is 0 Å². The first-order valence-corrected chi connectivity index (χ1v) is 7.34. The second-order valence-corrected chi connectivity index (χ2v) is 5.31. The number of nitrogens with zero attached hydrogens (tertiary/aromatic N) is 1. The molecule has 1 heterocycles. The van der Waals surface area contributed by atoms with E-state index in [9.17, 15) is 0 Å². The lowest BCUT2D eigenvalue weighted by molar-refractivity contribution is 1.04. The van der Waals surface area contributed by atoms with Crippen LogP contribution in [0.5, 0.6) is 0 Å². The summed E-state index contributed by atoms with van der Waals surface area (Å²) in [6.45, 7) is 0. The van der Waals surface area contributed by atoms with Crippen molar-refractivity contribution >= 4 is 17.7 Å². The zero-order valence-corrected chi connectivity index (χ0v) is 12.4. The molecule has 0 bridgehead atoms. The van der Waals surface area contributed by atoms with Crippen molar-refractivity contribution in [1.82, 2.24) is 4.57 Å². The molecule has 0 N–H and O–H groups in total. The quantitative estimate of drug-likeness (QED) is 0.608. The van der Waals surface area contributed by atoms with Crippen LogP contribution in [0.15, 0.2) is 79.1 Å². The Kier molecular flexibility index (Phi) is 4.23. The van der Waals surface area contributed by atoms with E-state index in [1.807, 2.05) is 36.4 Å². The maximum absolute atomic E-state index is 5.89. The Morgan fingerprint density at radius 1 is 0.857 bits per heavy atom. The number of halogens is 1. The van der Waals surface area contributed by atoms with Crippen LogP contribution in [0.1, 0.15) is 11.1 Å². The lowest BCUT2D eigenvalue weighted by Gasteiger charge is -2.08. The highest BCUT2D eigenvalue weighted by atomic mass is 35.5. The summed E-state index contributed by atoms with van der Waals surface area (Å²) in [4.78, 5) is 0. The molecule has 3 rings (SSSR count). The zero-order valence-electron chi connectivity index (χ0n) is 11.6. The molecule has 0 atom stereocenters. The molecule has 1 nitrogen and oxygen atoms in total. The Morgan fingerprint density at radius 3 is 2.33 bits per heavy atom. The average Bonchev–Trinajstić information content (AvgIpc) is 3.04. The van der Waals surface area contributed by atoms with Crippen molar-refractivity contribution in [1.29, 1.82) is 0 Å². The third-order valence-electron chi connectivity index (χ3n) is 3.39. The molecule has 3 aromatic rings. The molecule has 1 aromatic heterocycles. The molecular weight excluding hydrogens is 278 g/mol. The molecule has 0 spiro atoms. The van der Waals surface area contributed by atoms with E-state index in [4.69, 9.17) is 11.6 Å². The van der Waals surface area contributed by atoms with E-state index in [0.29, 0.717) is 0 Å². The number of hydrogen-bond donors (Lipinski definition) is 0. The summed E-state index contributed by atoms with van der Waals surface area (Å²) in [6.07, 6.45) is 9.36. The Balaban J connectivity index is 1.78. The van der Waals surface area contributed by atoms with Gasteiger partial charge in [0.25, 0.3) is 0 Å². The Bertz CT molecular complexity index is 725. The van der Waals surface area contributed by atoms with Crippen LogP contribution in [0.25, 0.3) is 11.8 Å². The predicted molar refractivity (Wildman–Crippen MR) is 90.0 cm³/mol. The predicted octanol–water partition coefficient (Wildman–Crippen LogP) is 5.39. The van der Waals surface area contributed by atoms with Gasteiger partial charge in [0.1, 0.15) is 0 Å². The second kappa shape index (κ2) is 6.47. The van der Waals surface area contributed by atoms with E-state index < -0.39 is 0 Å². The highest BCUT2D eigenvalue weighted by Gasteiger charge is 2.01. The van der Waals surface area contributed by atoms with Gasteiger partial charge in [0.2, 0.25) is 0 Å². The fourth-order valence-corrected chi connectivity index (χ4v) is 2.45. The van der Waals surface area contributed by atoms with E-state index in [1.165, 1.54) is 11.3 Å². The first-order valence-electron chi connectivity index (χ1n) is 6.96. The van der Waals surface area contributed by atoms with E-state index in [2.05, 4.69) is 53.4 Å².